The van der Waals surface area contributed by atoms with Gasteiger partial charge in [0, 0.05) is 68.7 Å². The van der Waals surface area contributed by atoms with Crippen LogP contribution in [0, 0.1) is 0 Å². The highest BCUT2D eigenvalue weighted by Crippen LogP contribution is 2.29. The second kappa shape index (κ2) is 8.61. The zero-order valence-electron chi connectivity index (χ0n) is 18.3. The molecule has 2 aromatic heterocycles. The average molecular weight is 433 g/mol. The second-order valence-electron chi connectivity index (χ2n) is 8.59. The minimum Gasteiger partial charge on any atom is -0.368 e. The van der Waals surface area contributed by atoms with Crippen LogP contribution >= 0.6 is 0 Å². The molecule has 1 atom stereocenters. The third-order valence-corrected chi connectivity index (χ3v) is 6.53. The maximum absolute atomic E-state index is 12.4. The van der Waals surface area contributed by atoms with Crippen molar-refractivity contribution in [1.29, 1.82) is 0 Å². The smallest absolute Gasteiger partial charge is 0.229 e. The number of Topliss-reactive ketones (excluding diaryl/α,β-unsaturated/α-hetero) is 1. The topological polar surface area (TPSA) is 83.4 Å². The molecule has 1 aromatic carbocycles. The van der Waals surface area contributed by atoms with E-state index in [9.17, 15) is 9.59 Å². The fourth-order valence-corrected chi connectivity index (χ4v) is 4.67. The Morgan fingerprint density at radius 2 is 1.84 bits per heavy atom. The lowest BCUT2D eigenvalue weighted by molar-refractivity contribution is -0.129. The summed E-state index contributed by atoms with van der Waals surface area (Å²) in [5, 5.41) is 4.23. The minimum absolute atomic E-state index is 0.119. The largest absolute Gasteiger partial charge is 0.368 e. The first-order valence-electron chi connectivity index (χ1n) is 11.3. The van der Waals surface area contributed by atoms with Gasteiger partial charge in [-0.05, 0) is 43.2 Å². The van der Waals surface area contributed by atoms with Gasteiger partial charge in [-0.1, -0.05) is 6.42 Å². The van der Waals surface area contributed by atoms with Crippen LogP contribution in [0.5, 0.6) is 0 Å². The highest BCUT2D eigenvalue weighted by Gasteiger charge is 2.25. The summed E-state index contributed by atoms with van der Waals surface area (Å²) in [6.45, 7) is 4.81. The highest BCUT2D eigenvalue weighted by molar-refractivity contribution is 5.86. The van der Waals surface area contributed by atoms with E-state index in [4.69, 9.17) is 4.98 Å². The summed E-state index contributed by atoms with van der Waals surface area (Å²) < 4.78 is 2.01. The van der Waals surface area contributed by atoms with Crippen molar-refractivity contribution in [3.8, 4) is 0 Å². The van der Waals surface area contributed by atoms with Crippen molar-refractivity contribution in [3.05, 3.63) is 42.7 Å². The molecule has 8 heteroatoms. The molecule has 0 spiro atoms. The number of piperazine rings is 1. The molecule has 8 nitrogen and oxygen atoms in total. The third-order valence-electron chi connectivity index (χ3n) is 6.53. The molecule has 1 aliphatic carbocycles. The highest BCUT2D eigenvalue weighted by atomic mass is 16.2. The van der Waals surface area contributed by atoms with Gasteiger partial charge in [0.25, 0.3) is 0 Å². The molecule has 1 unspecified atom stereocenters. The normalized spacial score (nSPS) is 19.4. The van der Waals surface area contributed by atoms with Crippen LogP contribution in [0.25, 0.3) is 11.0 Å². The van der Waals surface area contributed by atoms with Gasteiger partial charge >= 0.3 is 0 Å². The van der Waals surface area contributed by atoms with Crippen molar-refractivity contribution >= 4 is 40.0 Å². The van der Waals surface area contributed by atoms with Gasteiger partial charge in [-0.15, -0.1) is 0 Å². The Morgan fingerprint density at radius 1 is 1.06 bits per heavy atom. The van der Waals surface area contributed by atoms with Gasteiger partial charge in [0.2, 0.25) is 11.9 Å². The molecule has 1 N–H and O–H groups in total. The number of nitrogens with zero attached hydrogens (tertiary/aromatic N) is 5. The van der Waals surface area contributed by atoms with Crippen molar-refractivity contribution in [2.45, 2.75) is 38.6 Å². The Hall–Kier alpha value is -3.42. The van der Waals surface area contributed by atoms with E-state index in [0.717, 1.165) is 67.8 Å². The molecule has 166 valence electrons. The average Bonchev–Trinajstić information content (AvgIpc) is 3.23. The van der Waals surface area contributed by atoms with Crippen LogP contribution in [0.3, 0.4) is 0 Å². The number of carbonyl (C=O) groups excluding carboxylic acids is 2. The molecular formula is C24H28N6O2. The van der Waals surface area contributed by atoms with Gasteiger partial charge in [0.05, 0.1) is 6.04 Å². The molecule has 2 aliphatic rings. The van der Waals surface area contributed by atoms with Crippen molar-refractivity contribution < 1.29 is 9.59 Å². The van der Waals surface area contributed by atoms with E-state index in [1.165, 1.54) is 0 Å². The van der Waals surface area contributed by atoms with Crippen molar-refractivity contribution in [2.24, 2.45) is 0 Å². The molecule has 1 amide bonds. The molecular weight excluding hydrogens is 404 g/mol. The number of rotatable bonds is 4. The van der Waals surface area contributed by atoms with Gasteiger partial charge in [0.1, 0.15) is 5.65 Å². The first kappa shape index (κ1) is 20.5. The number of hydrogen-bond acceptors (Lipinski definition) is 6. The summed E-state index contributed by atoms with van der Waals surface area (Å²) >= 11 is 0. The zero-order chi connectivity index (χ0) is 22.1. The maximum Gasteiger partial charge on any atom is 0.229 e. The number of anilines is 3. The van der Waals surface area contributed by atoms with Crippen molar-refractivity contribution in [3.63, 3.8) is 0 Å². The quantitative estimate of drug-likeness (QED) is 0.679. The Labute approximate surface area is 187 Å². The molecule has 5 rings (SSSR count). The van der Waals surface area contributed by atoms with Crippen LogP contribution < -0.4 is 10.2 Å². The molecule has 2 fully saturated rings. The van der Waals surface area contributed by atoms with E-state index in [1.807, 2.05) is 33.9 Å². The molecule has 3 heterocycles. The monoisotopic (exact) mass is 432 g/mol. The van der Waals surface area contributed by atoms with E-state index in [2.05, 4.69) is 27.3 Å². The van der Waals surface area contributed by atoms with E-state index in [1.54, 1.807) is 13.1 Å². The van der Waals surface area contributed by atoms with E-state index >= 15 is 0 Å². The number of aromatic nitrogens is 3. The standard InChI is InChI=1S/C24H28N6O2/c1-17(31)28-12-14-29(15-13-28)20-8-6-19(7-9-20)26-24-25-16-18-10-11-30(23(18)27-24)21-4-2-3-5-22(21)32/h6-11,16,21H,2-5,12-15H2,1H3,(H,25,26,27). The zero-order valence-corrected chi connectivity index (χ0v) is 18.3. The molecule has 0 bridgehead atoms. The maximum atomic E-state index is 12.4. The Balaban J connectivity index is 1.30. The predicted molar refractivity (Wildman–Crippen MR) is 124 cm³/mol. The Kier molecular flexibility index (Phi) is 5.51. The third kappa shape index (κ3) is 4.04. The number of ketones is 1. The Bertz CT molecular complexity index is 1130. The molecule has 1 saturated carbocycles. The Morgan fingerprint density at radius 3 is 2.56 bits per heavy atom. The van der Waals surface area contributed by atoms with Gasteiger partial charge < -0.3 is 19.7 Å². The number of benzene rings is 1. The van der Waals surface area contributed by atoms with Crippen LogP contribution in [0.15, 0.2) is 42.7 Å². The summed E-state index contributed by atoms with van der Waals surface area (Å²) in [6, 6.07) is 10.0. The fourth-order valence-electron chi connectivity index (χ4n) is 4.67. The first-order chi connectivity index (χ1) is 15.6. The van der Waals surface area contributed by atoms with Crippen LogP contribution in [0.4, 0.5) is 17.3 Å². The summed E-state index contributed by atoms with van der Waals surface area (Å²) in [5.74, 6) is 0.949. The number of amides is 1. The van der Waals surface area contributed by atoms with Gasteiger partial charge in [-0.3, -0.25) is 9.59 Å². The second-order valence-corrected chi connectivity index (χ2v) is 8.59. The lowest BCUT2D eigenvalue weighted by atomic mass is 9.94. The SMILES string of the molecule is CC(=O)N1CCN(c2ccc(Nc3ncc4ccn(C5CCCCC5=O)c4n3)cc2)CC1. The molecule has 3 aromatic rings. The van der Waals surface area contributed by atoms with Crippen molar-refractivity contribution in [1.82, 2.24) is 19.4 Å². The van der Waals surface area contributed by atoms with E-state index in [0.29, 0.717) is 18.2 Å². The first-order valence-corrected chi connectivity index (χ1v) is 11.3. The lowest BCUT2D eigenvalue weighted by Gasteiger charge is -2.35. The van der Waals surface area contributed by atoms with Gasteiger partial charge in [0.15, 0.2) is 5.78 Å². The number of fused-ring (bicyclic) bond motifs is 1. The van der Waals surface area contributed by atoms with Crippen molar-refractivity contribution in [2.75, 3.05) is 36.4 Å². The number of nitrogens with one attached hydrogen (secondary N) is 1. The molecule has 32 heavy (non-hydrogen) atoms. The van der Waals surface area contributed by atoms with Gasteiger partial charge in [-0.25, -0.2) is 4.98 Å². The molecule has 1 saturated heterocycles. The summed E-state index contributed by atoms with van der Waals surface area (Å²) in [6.07, 6.45) is 7.34. The summed E-state index contributed by atoms with van der Waals surface area (Å²) in [7, 11) is 0. The lowest BCUT2D eigenvalue weighted by Crippen LogP contribution is -2.48. The van der Waals surface area contributed by atoms with E-state index in [-0.39, 0.29) is 11.9 Å². The minimum atomic E-state index is -0.119. The fraction of sp³-hybridized carbons (Fsp3) is 0.417. The van der Waals surface area contributed by atoms with Gasteiger partial charge in [-0.2, -0.15) is 4.98 Å². The number of carbonyl (C=O) groups is 2. The predicted octanol–water partition coefficient (Wildman–Crippen LogP) is 3.53. The van der Waals surface area contributed by atoms with Crippen LogP contribution in [0.2, 0.25) is 0 Å². The van der Waals surface area contributed by atoms with Crippen LogP contribution in [-0.4, -0.2) is 57.3 Å². The van der Waals surface area contributed by atoms with E-state index < -0.39 is 0 Å². The number of hydrogen-bond donors (Lipinski definition) is 1. The molecule has 1 aliphatic heterocycles. The summed E-state index contributed by atoms with van der Waals surface area (Å²) in [4.78, 5) is 37.3. The van der Waals surface area contributed by atoms with Crippen LogP contribution in [-0.2, 0) is 9.59 Å². The van der Waals surface area contributed by atoms with Crippen LogP contribution in [0.1, 0.15) is 38.6 Å². The molecule has 0 radical (unpaired) electrons. The summed E-state index contributed by atoms with van der Waals surface area (Å²) in [5.41, 5.74) is 2.84.